The van der Waals surface area contributed by atoms with Crippen molar-refractivity contribution in [1.29, 1.82) is 0 Å². The van der Waals surface area contributed by atoms with E-state index in [0.717, 1.165) is 32.8 Å². The van der Waals surface area contributed by atoms with Crippen LogP contribution in [0.5, 0.6) is 0 Å². The summed E-state index contributed by atoms with van der Waals surface area (Å²) in [7, 11) is 0. The lowest BCUT2D eigenvalue weighted by Gasteiger charge is -2.03. The highest BCUT2D eigenvalue weighted by Crippen LogP contribution is 2.22. The molecule has 0 radical (unpaired) electrons. The van der Waals surface area contributed by atoms with Crippen molar-refractivity contribution in [1.82, 2.24) is 10.3 Å². The highest BCUT2D eigenvalue weighted by molar-refractivity contribution is 7.12. The normalized spacial score (nSPS) is 10.8. The number of hydrogen-bond donors (Lipinski definition) is 2. The smallest absolute Gasteiger partial charge is 0.261 e. The molecule has 0 spiro atoms. The predicted molar refractivity (Wildman–Crippen MR) is 83.7 cm³/mol. The van der Waals surface area contributed by atoms with Gasteiger partial charge in [0.25, 0.3) is 5.91 Å². The van der Waals surface area contributed by atoms with Crippen LogP contribution in [-0.2, 0) is 6.42 Å². The average Bonchev–Trinajstić information content (AvgIpc) is 3.08. The number of rotatable bonds is 4. The van der Waals surface area contributed by atoms with Gasteiger partial charge in [-0.15, -0.1) is 11.3 Å². The van der Waals surface area contributed by atoms with Crippen molar-refractivity contribution in [2.24, 2.45) is 0 Å². The van der Waals surface area contributed by atoms with Crippen molar-refractivity contribution in [2.75, 3.05) is 6.54 Å². The Kier molecular flexibility index (Phi) is 3.76. The largest absolute Gasteiger partial charge is 0.361 e. The van der Waals surface area contributed by atoms with E-state index in [1.54, 1.807) is 0 Å². The molecule has 0 unspecified atom stereocenters. The molecule has 0 fully saturated rings. The number of amides is 1. The van der Waals surface area contributed by atoms with E-state index in [1.807, 2.05) is 41.9 Å². The average molecular weight is 305 g/mol. The van der Waals surface area contributed by atoms with Crippen molar-refractivity contribution < 1.29 is 4.79 Å². The van der Waals surface area contributed by atoms with Gasteiger partial charge >= 0.3 is 0 Å². The van der Waals surface area contributed by atoms with Gasteiger partial charge in [0, 0.05) is 28.7 Å². The van der Waals surface area contributed by atoms with Crippen molar-refractivity contribution in [3.05, 3.63) is 57.4 Å². The molecule has 0 aliphatic carbocycles. The third-order valence-electron chi connectivity index (χ3n) is 3.15. The molecule has 2 N–H and O–H groups in total. The topological polar surface area (TPSA) is 44.9 Å². The molecular weight excluding hydrogens is 292 g/mol. The third kappa shape index (κ3) is 2.71. The molecule has 0 aliphatic heterocycles. The number of H-pyrrole nitrogens is 1. The molecule has 0 aliphatic rings. The number of benzene rings is 1. The Morgan fingerprint density at radius 3 is 3.05 bits per heavy atom. The van der Waals surface area contributed by atoms with Gasteiger partial charge in [-0.1, -0.05) is 17.7 Å². The monoisotopic (exact) mass is 304 g/mol. The number of hydrogen-bond acceptors (Lipinski definition) is 2. The fraction of sp³-hybridized carbons (Fsp3) is 0.133. The molecule has 5 heteroatoms. The van der Waals surface area contributed by atoms with Crippen molar-refractivity contribution >= 4 is 39.7 Å². The Morgan fingerprint density at radius 1 is 1.35 bits per heavy atom. The predicted octanol–water partition coefficient (Wildman–Crippen LogP) is 3.86. The molecule has 0 atom stereocenters. The summed E-state index contributed by atoms with van der Waals surface area (Å²) in [5.74, 6) is -0.0159. The number of aromatic amines is 1. The van der Waals surface area contributed by atoms with Crippen molar-refractivity contribution in [2.45, 2.75) is 6.42 Å². The van der Waals surface area contributed by atoms with Crippen LogP contribution in [0.1, 0.15) is 15.2 Å². The maximum Gasteiger partial charge on any atom is 0.261 e. The standard InChI is InChI=1S/C15H13ClN2OS/c16-11-3-4-13-12(8-11)10(9-18-13)5-6-17-15(19)14-2-1-7-20-14/h1-4,7-9,18H,5-6H2,(H,17,19). The van der Waals surface area contributed by atoms with Gasteiger partial charge in [0.1, 0.15) is 0 Å². The molecule has 20 heavy (non-hydrogen) atoms. The summed E-state index contributed by atoms with van der Waals surface area (Å²) in [6, 6.07) is 9.48. The first-order valence-electron chi connectivity index (χ1n) is 6.31. The summed E-state index contributed by atoms with van der Waals surface area (Å²) in [6.07, 6.45) is 2.75. The summed E-state index contributed by atoms with van der Waals surface area (Å²) >= 11 is 7.47. The second-order valence-electron chi connectivity index (χ2n) is 4.49. The molecule has 0 bridgehead atoms. The number of carbonyl (C=O) groups excluding carboxylic acids is 1. The Hall–Kier alpha value is -1.78. The molecule has 1 amide bonds. The van der Waals surface area contributed by atoms with Crippen LogP contribution in [0.25, 0.3) is 10.9 Å². The van der Waals surface area contributed by atoms with E-state index in [4.69, 9.17) is 11.6 Å². The summed E-state index contributed by atoms with van der Waals surface area (Å²) in [4.78, 5) is 15.8. The van der Waals surface area contributed by atoms with E-state index in [2.05, 4.69) is 10.3 Å². The lowest BCUT2D eigenvalue weighted by Crippen LogP contribution is -2.24. The molecule has 3 nitrogen and oxygen atoms in total. The summed E-state index contributed by atoms with van der Waals surface area (Å²) in [6.45, 7) is 0.607. The first-order chi connectivity index (χ1) is 9.74. The van der Waals surface area contributed by atoms with Crippen LogP contribution in [-0.4, -0.2) is 17.4 Å². The maximum absolute atomic E-state index is 11.8. The van der Waals surface area contributed by atoms with Gasteiger partial charge in [0.2, 0.25) is 0 Å². The van der Waals surface area contributed by atoms with E-state index in [9.17, 15) is 4.79 Å². The molecule has 3 aromatic rings. The Bertz CT molecular complexity index is 734. The second-order valence-corrected chi connectivity index (χ2v) is 5.87. The number of nitrogens with one attached hydrogen (secondary N) is 2. The Morgan fingerprint density at radius 2 is 2.25 bits per heavy atom. The van der Waals surface area contributed by atoms with Gasteiger partial charge in [-0.05, 0) is 41.6 Å². The minimum absolute atomic E-state index is 0.0159. The van der Waals surface area contributed by atoms with Crippen LogP contribution in [0, 0.1) is 0 Å². The van der Waals surface area contributed by atoms with Gasteiger partial charge in [0.15, 0.2) is 0 Å². The van der Waals surface area contributed by atoms with Gasteiger partial charge in [0.05, 0.1) is 4.88 Å². The zero-order valence-corrected chi connectivity index (χ0v) is 12.2. The van der Waals surface area contributed by atoms with Crippen molar-refractivity contribution in [3.63, 3.8) is 0 Å². The molecule has 1 aromatic carbocycles. The lowest BCUT2D eigenvalue weighted by atomic mass is 10.1. The minimum atomic E-state index is -0.0159. The molecule has 0 saturated heterocycles. The summed E-state index contributed by atoms with van der Waals surface area (Å²) in [5, 5.41) is 6.66. The minimum Gasteiger partial charge on any atom is -0.361 e. The van der Waals surface area contributed by atoms with Crippen LogP contribution in [0.15, 0.2) is 41.9 Å². The van der Waals surface area contributed by atoms with Crippen LogP contribution in [0.3, 0.4) is 0 Å². The highest BCUT2D eigenvalue weighted by atomic mass is 35.5. The number of aromatic nitrogens is 1. The second kappa shape index (κ2) is 5.69. The van der Waals surface area contributed by atoms with Gasteiger partial charge in [-0.2, -0.15) is 0 Å². The number of thiophene rings is 1. The number of fused-ring (bicyclic) bond motifs is 1. The van der Waals surface area contributed by atoms with Gasteiger partial charge < -0.3 is 10.3 Å². The zero-order valence-electron chi connectivity index (χ0n) is 10.7. The van der Waals surface area contributed by atoms with E-state index < -0.39 is 0 Å². The highest BCUT2D eigenvalue weighted by Gasteiger charge is 2.07. The molecular formula is C15H13ClN2OS. The number of carbonyl (C=O) groups is 1. The van der Waals surface area contributed by atoms with E-state index in [0.29, 0.717) is 6.54 Å². The fourth-order valence-electron chi connectivity index (χ4n) is 2.16. The summed E-state index contributed by atoms with van der Waals surface area (Å²) < 4.78 is 0. The summed E-state index contributed by atoms with van der Waals surface area (Å²) in [5.41, 5.74) is 2.22. The van der Waals surface area contributed by atoms with E-state index in [1.165, 1.54) is 11.3 Å². The van der Waals surface area contributed by atoms with Gasteiger partial charge in [-0.25, -0.2) is 0 Å². The first kappa shape index (κ1) is 13.2. The zero-order chi connectivity index (χ0) is 13.9. The molecule has 0 saturated carbocycles. The van der Waals surface area contributed by atoms with Crippen LogP contribution in [0.4, 0.5) is 0 Å². The number of halogens is 1. The van der Waals surface area contributed by atoms with E-state index in [-0.39, 0.29) is 5.91 Å². The lowest BCUT2D eigenvalue weighted by molar-refractivity contribution is 0.0958. The van der Waals surface area contributed by atoms with E-state index >= 15 is 0 Å². The quantitative estimate of drug-likeness (QED) is 0.755. The molecule has 102 valence electrons. The SMILES string of the molecule is O=C(NCCc1c[nH]c2ccc(Cl)cc12)c1cccs1. The fourth-order valence-corrected chi connectivity index (χ4v) is 2.98. The Balaban J connectivity index is 1.65. The van der Waals surface area contributed by atoms with Gasteiger partial charge in [-0.3, -0.25) is 4.79 Å². The van der Waals surface area contributed by atoms with Crippen LogP contribution < -0.4 is 5.32 Å². The first-order valence-corrected chi connectivity index (χ1v) is 7.57. The Labute approximate surface area is 125 Å². The molecule has 2 aromatic heterocycles. The van der Waals surface area contributed by atoms with Crippen molar-refractivity contribution in [3.8, 4) is 0 Å². The van der Waals surface area contributed by atoms with Crippen LogP contribution in [0.2, 0.25) is 5.02 Å². The maximum atomic E-state index is 11.8. The van der Waals surface area contributed by atoms with Crippen LogP contribution >= 0.6 is 22.9 Å². The molecule has 3 rings (SSSR count). The third-order valence-corrected chi connectivity index (χ3v) is 4.26. The molecule has 2 heterocycles.